The van der Waals surface area contributed by atoms with Crippen LogP contribution in [0.15, 0.2) is 0 Å². The van der Waals surface area contributed by atoms with Crippen molar-refractivity contribution in [1.82, 2.24) is 0 Å². The molecule has 90 valence electrons. The first-order valence-electron chi connectivity index (χ1n) is 3.42. The Labute approximate surface area is 83.2 Å². The van der Waals surface area contributed by atoms with Crippen LogP contribution in [-0.2, 0) is 20.9 Å². The van der Waals surface area contributed by atoms with Crippen LogP contribution in [0.5, 0.6) is 0 Å². The van der Waals surface area contributed by atoms with Gasteiger partial charge in [-0.25, -0.2) is 4.21 Å². The number of rotatable bonds is 3. The third-order valence-electron chi connectivity index (χ3n) is 0.876. The third kappa shape index (κ3) is 40.6. The van der Waals surface area contributed by atoms with E-state index in [0.717, 1.165) is 0 Å². The van der Waals surface area contributed by atoms with Crippen LogP contribution < -0.4 is 5.73 Å². The predicted molar refractivity (Wildman–Crippen MR) is 52.1 cm³/mol. The molecule has 0 fully saturated rings. The summed E-state index contributed by atoms with van der Waals surface area (Å²) in [5, 5.41) is 0. The highest BCUT2D eigenvalue weighted by atomic mass is 32.3. The van der Waals surface area contributed by atoms with Crippen LogP contribution in [0.2, 0.25) is 0 Å². The summed E-state index contributed by atoms with van der Waals surface area (Å²) in [5.41, 5.74) is 5.26. The van der Waals surface area contributed by atoms with E-state index in [4.69, 9.17) is 32.4 Å². The van der Waals surface area contributed by atoms with Gasteiger partial charge >= 0.3 is 10.4 Å². The fraction of sp³-hybridized carbons (Fsp3) is 1.00. The van der Waals surface area contributed by atoms with Crippen molar-refractivity contribution < 1.29 is 30.8 Å². The predicted octanol–water partition coefficient (Wildman–Crippen LogP) is -0.966. The minimum absolute atomic E-state index is 0.106. The third-order valence-corrected chi connectivity index (χ3v) is 1.72. The minimum atomic E-state index is -4.67. The van der Waals surface area contributed by atoms with E-state index in [-0.39, 0.29) is 11.8 Å². The summed E-state index contributed by atoms with van der Waals surface area (Å²) in [6.45, 7) is 1.72. The molecule has 0 rings (SSSR count). The monoisotopic (exact) mass is 253 g/mol. The van der Waals surface area contributed by atoms with Crippen molar-refractivity contribution in [2.75, 3.05) is 5.75 Å². The lowest BCUT2D eigenvalue weighted by Gasteiger charge is -2.10. The molecular formula is C4H15NO7S2. The molecule has 0 aromatic heterocycles. The zero-order valence-electron chi connectivity index (χ0n) is 7.44. The summed E-state index contributed by atoms with van der Waals surface area (Å²) >= 11 is 0. The first-order chi connectivity index (χ1) is 5.92. The SMILES string of the molecule is CC(N)CC[SH](=O)(O)O.O=S(=O)(O)O. The zero-order chi connectivity index (χ0) is 12.0. The molecule has 0 aliphatic carbocycles. The number of hydrogen-bond acceptors (Lipinski definition) is 4. The molecule has 1 atom stereocenters. The Morgan fingerprint density at radius 3 is 1.71 bits per heavy atom. The van der Waals surface area contributed by atoms with Gasteiger partial charge in [0.05, 0.1) is 10.5 Å². The Hall–Kier alpha value is -0.100. The minimum Gasteiger partial charge on any atom is -0.328 e. The maximum atomic E-state index is 10.2. The fourth-order valence-corrected chi connectivity index (χ4v) is 1.12. The molecule has 0 aromatic carbocycles. The number of hydrogen-bond donors (Lipinski definition) is 6. The molecule has 6 N–H and O–H groups in total. The summed E-state index contributed by atoms with van der Waals surface area (Å²) in [6, 6.07) is -0.127. The second-order valence-electron chi connectivity index (χ2n) is 2.60. The van der Waals surface area contributed by atoms with Gasteiger partial charge in [0.1, 0.15) is 0 Å². The lowest BCUT2D eigenvalue weighted by molar-refractivity contribution is 0.380. The molecule has 1 unspecified atom stereocenters. The van der Waals surface area contributed by atoms with E-state index in [2.05, 4.69) is 0 Å². The quantitative estimate of drug-likeness (QED) is 0.277. The van der Waals surface area contributed by atoms with Crippen LogP contribution in [0.4, 0.5) is 0 Å². The van der Waals surface area contributed by atoms with Crippen molar-refractivity contribution in [1.29, 1.82) is 0 Å². The van der Waals surface area contributed by atoms with Crippen molar-refractivity contribution in [3.05, 3.63) is 0 Å². The Morgan fingerprint density at radius 1 is 1.36 bits per heavy atom. The Morgan fingerprint density at radius 2 is 1.64 bits per heavy atom. The van der Waals surface area contributed by atoms with Gasteiger partial charge in [0.25, 0.3) is 0 Å². The summed E-state index contributed by atoms with van der Waals surface area (Å²) in [5.74, 6) is -0.106. The van der Waals surface area contributed by atoms with Crippen molar-refractivity contribution in [3.8, 4) is 0 Å². The standard InChI is InChI=1S/C4H13NO3S.H2O4S/c1-4(5)2-3-9(6,7)8;1-5(2,3)4/h4,9H,2-3,5H2,1H3,(H2,6,7,8);(H2,1,2,3,4). The van der Waals surface area contributed by atoms with Crippen LogP contribution in [0.3, 0.4) is 0 Å². The van der Waals surface area contributed by atoms with E-state index in [9.17, 15) is 4.21 Å². The van der Waals surface area contributed by atoms with Gasteiger partial charge in [-0.1, -0.05) is 0 Å². The summed E-state index contributed by atoms with van der Waals surface area (Å²) in [7, 11) is -8.47. The van der Waals surface area contributed by atoms with Gasteiger partial charge in [-0.05, 0) is 13.3 Å². The van der Waals surface area contributed by atoms with Gasteiger partial charge in [-0.3, -0.25) is 9.11 Å². The largest absolute Gasteiger partial charge is 0.394 e. The van der Waals surface area contributed by atoms with E-state index < -0.39 is 20.9 Å². The molecule has 10 heteroatoms. The van der Waals surface area contributed by atoms with Gasteiger partial charge in [0.2, 0.25) is 0 Å². The Bertz CT molecular complexity index is 270. The van der Waals surface area contributed by atoms with Crippen LogP contribution >= 0.6 is 0 Å². The maximum Gasteiger partial charge on any atom is 0.394 e. The van der Waals surface area contributed by atoms with Gasteiger partial charge in [-0.2, -0.15) is 8.42 Å². The first-order valence-corrected chi connectivity index (χ1v) is 6.61. The van der Waals surface area contributed by atoms with Crippen molar-refractivity contribution >= 4 is 20.9 Å². The van der Waals surface area contributed by atoms with Crippen LogP contribution in [0.1, 0.15) is 13.3 Å². The molecule has 0 bridgehead atoms. The highest BCUT2D eigenvalue weighted by Gasteiger charge is 2.04. The van der Waals surface area contributed by atoms with Crippen molar-refractivity contribution in [2.45, 2.75) is 19.4 Å². The van der Waals surface area contributed by atoms with E-state index in [1.54, 1.807) is 6.92 Å². The van der Waals surface area contributed by atoms with Gasteiger partial charge in [0.15, 0.2) is 0 Å². The molecular weight excluding hydrogens is 238 g/mol. The van der Waals surface area contributed by atoms with Crippen molar-refractivity contribution in [2.24, 2.45) is 5.73 Å². The molecule has 0 heterocycles. The average Bonchev–Trinajstić information content (AvgIpc) is 1.77. The normalized spacial score (nSPS) is 15.3. The lowest BCUT2D eigenvalue weighted by atomic mass is 10.3. The molecule has 0 saturated carbocycles. The molecule has 0 spiro atoms. The molecule has 0 aromatic rings. The van der Waals surface area contributed by atoms with Crippen molar-refractivity contribution in [3.63, 3.8) is 0 Å². The molecule has 0 amide bonds. The molecule has 8 nitrogen and oxygen atoms in total. The molecule has 0 radical (unpaired) electrons. The second kappa shape index (κ2) is 6.40. The van der Waals surface area contributed by atoms with Gasteiger partial charge < -0.3 is 14.8 Å². The first kappa shape index (κ1) is 16.3. The highest BCUT2D eigenvalue weighted by Crippen LogP contribution is 1.96. The summed E-state index contributed by atoms with van der Waals surface area (Å²) < 4.78 is 58.4. The molecule has 14 heavy (non-hydrogen) atoms. The molecule has 0 aliphatic heterocycles. The molecule has 0 saturated heterocycles. The topological polar surface area (TPSA) is 158 Å². The fourth-order valence-electron chi connectivity index (χ4n) is 0.372. The molecule has 0 aliphatic rings. The Balaban J connectivity index is 0. The highest BCUT2D eigenvalue weighted by molar-refractivity contribution is 7.92. The van der Waals surface area contributed by atoms with Crippen LogP contribution in [-0.4, -0.2) is 42.6 Å². The smallest absolute Gasteiger partial charge is 0.328 e. The lowest BCUT2D eigenvalue weighted by Crippen LogP contribution is -2.22. The second-order valence-corrected chi connectivity index (χ2v) is 5.27. The average molecular weight is 253 g/mol. The van der Waals surface area contributed by atoms with E-state index >= 15 is 0 Å². The van der Waals surface area contributed by atoms with Gasteiger partial charge in [-0.15, -0.1) is 0 Å². The van der Waals surface area contributed by atoms with Gasteiger partial charge in [0, 0.05) is 11.8 Å². The maximum absolute atomic E-state index is 10.2. The summed E-state index contributed by atoms with van der Waals surface area (Å²) in [6.07, 6.45) is 0.379. The van der Waals surface area contributed by atoms with Crippen LogP contribution in [0, 0.1) is 0 Å². The number of nitrogens with two attached hydrogens (primary N) is 1. The zero-order valence-corrected chi connectivity index (χ0v) is 9.15. The van der Waals surface area contributed by atoms with E-state index in [1.165, 1.54) is 0 Å². The summed E-state index contributed by atoms with van der Waals surface area (Å²) in [4.78, 5) is 0. The number of thiol groups is 1. The Kier molecular flexibility index (Phi) is 7.46. The van der Waals surface area contributed by atoms with E-state index in [0.29, 0.717) is 6.42 Å². The van der Waals surface area contributed by atoms with Crippen LogP contribution in [0.25, 0.3) is 0 Å². The van der Waals surface area contributed by atoms with E-state index in [1.807, 2.05) is 0 Å².